The Hall–Kier alpha value is -3.30. The summed E-state index contributed by atoms with van der Waals surface area (Å²) in [4.78, 5) is 14.4. The van der Waals surface area contributed by atoms with Crippen LogP contribution in [0.25, 0.3) is 0 Å². The number of allylic oxidation sites excluding steroid dienone is 2. The molecule has 0 radical (unpaired) electrons. The molecule has 2 aromatic carbocycles. The molecule has 0 N–H and O–H groups in total. The van der Waals surface area contributed by atoms with E-state index in [1.165, 1.54) is 36.3 Å². The fourth-order valence-electron chi connectivity index (χ4n) is 3.34. The van der Waals surface area contributed by atoms with Crippen molar-refractivity contribution in [2.24, 2.45) is 0 Å². The first-order valence-corrected chi connectivity index (χ1v) is 15.0. The number of hydrogen-bond acceptors (Lipinski definition) is 3. The summed E-state index contributed by atoms with van der Waals surface area (Å²) in [6.45, 7) is 22.0. The van der Waals surface area contributed by atoms with Crippen LogP contribution in [-0.2, 0) is 0 Å². The third-order valence-electron chi connectivity index (χ3n) is 4.88. The van der Waals surface area contributed by atoms with Crippen LogP contribution in [0.1, 0.15) is 103 Å². The van der Waals surface area contributed by atoms with Gasteiger partial charge in [0, 0.05) is 30.6 Å². The van der Waals surface area contributed by atoms with E-state index in [0.717, 1.165) is 25.7 Å². The molecule has 2 aliphatic rings. The maximum absolute atomic E-state index is 14.5. The monoisotopic (exact) mass is 605 g/mol. The molecule has 0 spiro atoms. The number of amides is 1. The Kier molecular flexibility index (Phi) is 24.7. The largest absolute Gasteiger partial charge is 0.447 e. The number of fused-ring (bicyclic) bond motifs is 1. The number of likely N-dealkylation sites (tertiary alicyclic amines) is 1. The molecule has 0 saturated carbocycles. The van der Waals surface area contributed by atoms with Crippen LogP contribution in [0.15, 0.2) is 61.2 Å². The van der Waals surface area contributed by atoms with Gasteiger partial charge in [-0.1, -0.05) is 58.6 Å². The van der Waals surface area contributed by atoms with Crippen LogP contribution >= 0.6 is 11.6 Å². The van der Waals surface area contributed by atoms with Crippen LogP contribution in [0.5, 0.6) is 11.5 Å². The van der Waals surface area contributed by atoms with Crippen LogP contribution in [-0.4, -0.2) is 29.8 Å². The summed E-state index contributed by atoms with van der Waals surface area (Å²) in [7, 11) is 0. The minimum atomic E-state index is -0.784. The lowest BCUT2D eigenvalue weighted by Crippen LogP contribution is -2.32. The first kappa shape index (κ1) is 40.8. The number of hydrogen-bond donors (Lipinski definition) is 0. The zero-order valence-electron chi connectivity index (χ0n) is 26.6. The van der Waals surface area contributed by atoms with Gasteiger partial charge >= 0.3 is 0 Å². The van der Waals surface area contributed by atoms with Crippen molar-refractivity contribution in [2.75, 3.05) is 19.0 Å². The van der Waals surface area contributed by atoms with E-state index in [-0.39, 0.29) is 23.0 Å². The molecule has 2 heterocycles. The average molecular weight is 606 g/mol. The van der Waals surface area contributed by atoms with Gasteiger partial charge < -0.3 is 14.4 Å². The minimum absolute atomic E-state index is 0.00555. The quantitative estimate of drug-likeness (QED) is 0.198. The summed E-state index contributed by atoms with van der Waals surface area (Å²) in [6.07, 6.45) is 10.8. The SMILES string of the molecule is C#CC.C=C(C)C.C=CCCl.CC.CCC.O=C(c1cc2c(cc1F)OC(c1ccc(F)cc1)O2)N1CCCCCC1. The summed E-state index contributed by atoms with van der Waals surface area (Å²) in [5.41, 5.74) is 1.78. The first-order valence-electron chi connectivity index (χ1n) is 14.5. The van der Waals surface area contributed by atoms with Crippen LogP contribution < -0.4 is 9.47 Å². The number of halogens is 3. The summed E-state index contributed by atoms with van der Waals surface area (Å²) < 4.78 is 38.9. The molecule has 0 aromatic heterocycles. The zero-order chi connectivity index (χ0) is 32.5. The molecule has 1 fully saturated rings. The molecular formula is C35H50ClF2NO3. The molecule has 1 unspecified atom stereocenters. The van der Waals surface area contributed by atoms with E-state index < -0.39 is 12.1 Å². The topological polar surface area (TPSA) is 38.8 Å². The lowest BCUT2D eigenvalue weighted by atomic mass is 10.1. The van der Waals surface area contributed by atoms with Crippen molar-refractivity contribution in [3.8, 4) is 23.8 Å². The van der Waals surface area contributed by atoms with Gasteiger partial charge in [0.05, 0.1) is 5.56 Å². The van der Waals surface area contributed by atoms with Crippen LogP contribution in [0.2, 0.25) is 0 Å². The second-order valence-corrected chi connectivity index (χ2v) is 9.56. The molecule has 0 aliphatic carbocycles. The van der Waals surface area contributed by atoms with Gasteiger partial charge in [-0.3, -0.25) is 4.79 Å². The van der Waals surface area contributed by atoms with Gasteiger partial charge in [0.1, 0.15) is 11.6 Å². The van der Waals surface area contributed by atoms with Gasteiger partial charge in [-0.15, -0.1) is 37.1 Å². The van der Waals surface area contributed by atoms with Crippen molar-refractivity contribution in [1.82, 2.24) is 4.90 Å². The number of rotatable bonds is 3. The van der Waals surface area contributed by atoms with Crippen molar-refractivity contribution in [3.05, 3.63) is 84.0 Å². The van der Waals surface area contributed by atoms with E-state index in [4.69, 9.17) is 21.1 Å². The van der Waals surface area contributed by atoms with Crippen LogP contribution in [0.3, 0.4) is 0 Å². The molecule has 1 atom stereocenters. The van der Waals surface area contributed by atoms with Crippen molar-refractivity contribution < 1.29 is 23.0 Å². The summed E-state index contributed by atoms with van der Waals surface area (Å²) in [5.74, 6) is 2.06. The molecule has 2 aromatic rings. The molecule has 0 bridgehead atoms. The second kappa shape index (κ2) is 25.4. The number of ether oxygens (including phenoxy) is 2. The molecule has 4 nitrogen and oxygen atoms in total. The van der Waals surface area contributed by atoms with Gasteiger partial charge in [0.15, 0.2) is 11.5 Å². The van der Waals surface area contributed by atoms with Gasteiger partial charge in [-0.2, -0.15) is 0 Å². The van der Waals surface area contributed by atoms with Crippen LogP contribution in [0.4, 0.5) is 8.78 Å². The zero-order valence-corrected chi connectivity index (χ0v) is 27.3. The van der Waals surface area contributed by atoms with Crippen molar-refractivity contribution in [3.63, 3.8) is 0 Å². The Labute approximate surface area is 258 Å². The van der Waals surface area contributed by atoms with Crippen molar-refractivity contribution >= 4 is 17.5 Å². The van der Waals surface area contributed by atoms with E-state index in [0.29, 0.717) is 30.3 Å². The normalized spacial score (nSPS) is 13.9. The smallest absolute Gasteiger partial charge is 0.267 e. The van der Waals surface area contributed by atoms with Gasteiger partial charge in [-0.25, -0.2) is 8.78 Å². The third-order valence-corrected chi connectivity index (χ3v) is 5.09. The molecule has 4 rings (SSSR count). The molecule has 1 amide bonds. The highest BCUT2D eigenvalue weighted by molar-refractivity contribution is 6.18. The van der Waals surface area contributed by atoms with Gasteiger partial charge in [0.2, 0.25) is 0 Å². The highest BCUT2D eigenvalue weighted by Gasteiger charge is 2.30. The minimum Gasteiger partial charge on any atom is -0.447 e. The van der Waals surface area contributed by atoms with E-state index in [9.17, 15) is 13.6 Å². The number of nitrogens with zero attached hydrogens (tertiary/aromatic N) is 1. The number of terminal acetylenes is 1. The summed E-state index contributed by atoms with van der Waals surface area (Å²) in [6, 6.07) is 8.29. The highest BCUT2D eigenvalue weighted by atomic mass is 35.5. The summed E-state index contributed by atoms with van der Waals surface area (Å²) >= 11 is 5.07. The van der Waals surface area contributed by atoms with E-state index in [1.807, 2.05) is 27.7 Å². The Morgan fingerprint density at radius 3 is 1.86 bits per heavy atom. The average Bonchev–Trinajstić information content (AvgIpc) is 3.17. The van der Waals surface area contributed by atoms with Crippen molar-refractivity contribution in [1.29, 1.82) is 0 Å². The predicted octanol–water partition coefficient (Wildman–Crippen LogP) is 10.5. The third kappa shape index (κ3) is 16.8. The molecule has 234 valence electrons. The number of carbonyl (C=O) groups excluding carboxylic acids is 1. The van der Waals surface area contributed by atoms with Crippen molar-refractivity contribution in [2.45, 2.75) is 86.9 Å². The second-order valence-electron chi connectivity index (χ2n) is 9.25. The first-order chi connectivity index (χ1) is 20.1. The number of benzene rings is 2. The predicted molar refractivity (Wildman–Crippen MR) is 174 cm³/mol. The lowest BCUT2D eigenvalue weighted by Gasteiger charge is -2.20. The van der Waals surface area contributed by atoms with Crippen LogP contribution in [0, 0.1) is 24.0 Å². The lowest BCUT2D eigenvalue weighted by molar-refractivity contribution is 0.0485. The fraction of sp³-hybridized carbons (Fsp3) is 0.457. The Bertz CT molecular complexity index is 1070. The number of alkyl halides is 1. The molecule has 7 heteroatoms. The molecule has 2 aliphatic heterocycles. The van der Waals surface area contributed by atoms with Gasteiger partial charge in [-0.05, 0) is 63.9 Å². The van der Waals surface area contributed by atoms with Gasteiger partial charge in [0.25, 0.3) is 12.2 Å². The Balaban J connectivity index is 0. The highest BCUT2D eigenvalue weighted by Crippen LogP contribution is 2.42. The van der Waals surface area contributed by atoms with E-state index in [2.05, 4.69) is 39.3 Å². The Morgan fingerprint density at radius 1 is 1.05 bits per heavy atom. The summed E-state index contributed by atoms with van der Waals surface area (Å²) in [5, 5.41) is 0. The Morgan fingerprint density at radius 2 is 1.45 bits per heavy atom. The van der Waals surface area contributed by atoms with E-state index in [1.54, 1.807) is 30.0 Å². The maximum atomic E-state index is 14.5. The molecular weight excluding hydrogens is 556 g/mol. The molecule has 42 heavy (non-hydrogen) atoms. The fourth-order valence-corrected chi connectivity index (χ4v) is 3.34. The maximum Gasteiger partial charge on any atom is 0.267 e. The van der Waals surface area contributed by atoms with E-state index >= 15 is 0 Å². The molecule has 1 saturated heterocycles. The number of carbonyl (C=O) groups is 1. The standard InChI is InChI=1S/C20H19F2NO3.C4H8.C3H5Cl.C3H8.C3H4.C2H6/c21-14-7-5-13(6-8-14)20-25-17-11-15(16(22)12-18(17)26-20)19(24)23-9-3-1-2-4-10-23;1-4(2)3;1-2-3-4;2*1-3-2;1-2/h5-8,11-12,20H,1-4,9-10H2;1H2,2-3H3;2H,1,3H2;3H2,1-2H3;1H,2H3;1-2H3.